The molecule has 2 aromatic rings. The van der Waals surface area contributed by atoms with Crippen LogP contribution in [0.15, 0.2) is 36.5 Å². The normalized spacial score (nSPS) is 19.9. The van der Waals surface area contributed by atoms with E-state index in [4.69, 9.17) is 0 Å². The molecule has 0 amide bonds. The van der Waals surface area contributed by atoms with E-state index >= 15 is 0 Å². The molecule has 0 radical (unpaired) electrons. The quantitative estimate of drug-likeness (QED) is 0.783. The van der Waals surface area contributed by atoms with Crippen LogP contribution >= 0.6 is 0 Å². The Morgan fingerprint density at radius 2 is 2.15 bits per heavy atom. The van der Waals surface area contributed by atoms with Gasteiger partial charge >= 0.3 is 0 Å². The summed E-state index contributed by atoms with van der Waals surface area (Å²) in [6.07, 6.45) is 5.58. The van der Waals surface area contributed by atoms with Gasteiger partial charge in [0, 0.05) is 24.0 Å². The number of nitrogens with zero attached hydrogens (tertiary/aromatic N) is 1. The number of hydrogen-bond donors (Lipinski definition) is 3. The minimum Gasteiger partial charge on any atom is -0.383 e. The van der Waals surface area contributed by atoms with E-state index in [1.165, 1.54) is 31.5 Å². The van der Waals surface area contributed by atoms with Crippen molar-refractivity contribution >= 4 is 5.69 Å². The van der Waals surface area contributed by atoms with Gasteiger partial charge in [0.2, 0.25) is 0 Å². The van der Waals surface area contributed by atoms with Crippen LogP contribution < -0.4 is 10.6 Å². The third kappa shape index (κ3) is 3.20. The monoisotopic (exact) mass is 270 g/mol. The fourth-order valence-electron chi connectivity index (χ4n) is 2.89. The van der Waals surface area contributed by atoms with E-state index in [1.54, 1.807) is 6.20 Å². The Kier molecular flexibility index (Phi) is 4.02. The summed E-state index contributed by atoms with van der Waals surface area (Å²) in [5, 5.41) is 14.1. The third-order valence-electron chi connectivity index (χ3n) is 3.91. The van der Waals surface area contributed by atoms with E-state index in [0.717, 1.165) is 11.3 Å². The first-order valence-corrected chi connectivity index (χ1v) is 7.41. The average Bonchev–Trinajstić information content (AvgIpc) is 3.12. The summed E-state index contributed by atoms with van der Waals surface area (Å²) < 4.78 is 0. The fraction of sp³-hybridized carbons (Fsp3) is 0.438. The molecule has 1 aromatic heterocycles. The van der Waals surface area contributed by atoms with E-state index < -0.39 is 0 Å². The van der Waals surface area contributed by atoms with Gasteiger partial charge in [-0.2, -0.15) is 5.10 Å². The van der Waals surface area contributed by atoms with Crippen molar-refractivity contribution in [1.29, 1.82) is 0 Å². The fourth-order valence-corrected chi connectivity index (χ4v) is 2.89. The van der Waals surface area contributed by atoms with E-state index in [-0.39, 0.29) is 0 Å². The number of hydrogen-bond acceptors (Lipinski definition) is 3. The van der Waals surface area contributed by atoms with Crippen molar-refractivity contribution in [2.45, 2.75) is 38.3 Å². The highest BCUT2D eigenvalue weighted by Crippen LogP contribution is 2.20. The standard InChI is InChI=1S/C16H22N4/c1-12(11-15-3-2-9-17-15)19-14-6-4-13(5-7-14)16-8-10-18-20-16/h4-8,10,12,15,17,19H,2-3,9,11H2,1H3,(H,18,20). The van der Waals surface area contributed by atoms with Gasteiger partial charge in [-0.3, -0.25) is 5.10 Å². The number of aromatic nitrogens is 2. The van der Waals surface area contributed by atoms with Crippen LogP contribution in [-0.4, -0.2) is 28.8 Å². The molecule has 2 unspecified atom stereocenters. The van der Waals surface area contributed by atoms with Gasteiger partial charge in [0.15, 0.2) is 0 Å². The van der Waals surface area contributed by atoms with Crippen LogP contribution in [0.1, 0.15) is 26.2 Å². The predicted octanol–water partition coefficient (Wildman–Crippen LogP) is 3.02. The van der Waals surface area contributed by atoms with E-state index in [9.17, 15) is 0 Å². The molecule has 4 nitrogen and oxygen atoms in total. The van der Waals surface area contributed by atoms with Crippen LogP contribution in [0.25, 0.3) is 11.3 Å². The summed E-state index contributed by atoms with van der Waals surface area (Å²) in [5.41, 5.74) is 3.40. The Morgan fingerprint density at radius 3 is 2.80 bits per heavy atom. The van der Waals surface area contributed by atoms with Crippen molar-refractivity contribution in [3.8, 4) is 11.3 Å². The Balaban J connectivity index is 1.57. The molecule has 3 rings (SSSR count). The van der Waals surface area contributed by atoms with E-state index in [1.807, 2.05) is 6.07 Å². The molecule has 1 aromatic carbocycles. The minimum atomic E-state index is 0.489. The number of nitrogens with one attached hydrogen (secondary N) is 3. The molecule has 20 heavy (non-hydrogen) atoms. The summed E-state index contributed by atoms with van der Waals surface area (Å²) >= 11 is 0. The van der Waals surface area contributed by atoms with Crippen LogP contribution in [-0.2, 0) is 0 Å². The highest BCUT2D eigenvalue weighted by molar-refractivity contribution is 5.62. The zero-order valence-corrected chi connectivity index (χ0v) is 11.9. The van der Waals surface area contributed by atoms with Crippen LogP contribution in [0.2, 0.25) is 0 Å². The average molecular weight is 270 g/mol. The van der Waals surface area contributed by atoms with Crippen LogP contribution in [0.5, 0.6) is 0 Å². The highest BCUT2D eigenvalue weighted by atomic mass is 15.1. The molecular formula is C16H22N4. The van der Waals surface area contributed by atoms with Crippen LogP contribution in [0.3, 0.4) is 0 Å². The SMILES string of the molecule is CC(CC1CCCN1)Nc1ccc(-c2ccn[nH]2)cc1. The molecule has 0 saturated carbocycles. The largest absolute Gasteiger partial charge is 0.383 e. The zero-order chi connectivity index (χ0) is 13.8. The van der Waals surface area contributed by atoms with Gasteiger partial charge in [-0.15, -0.1) is 0 Å². The van der Waals surface area contributed by atoms with E-state index in [0.29, 0.717) is 12.1 Å². The summed E-state index contributed by atoms with van der Waals surface area (Å²) in [7, 11) is 0. The molecule has 0 spiro atoms. The maximum Gasteiger partial charge on any atom is 0.0650 e. The van der Waals surface area contributed by atoms with Crippen molar-refractivity contribution in [1.82, 2.24) is 15.5 Å². The minimum absolute atomic E-state index is 0.489. The van der Waals surface area contributed by atoms with Gasteiger partial charge in [-0.1, -0.05) is 12.1 Å². The Morgan fingerprint density at radius 1 is 1.30 bits per heavy atom. The van der Waals surface area contributed by atoms with Crippen LogP contribution in [0.4, 0.5) is 5.69 Å². The topological polar surface area (TPSA) is 52.7 Å². The molecule has 1 aliphatic heterocycles. The molecule has 1 fully saturated rings. The van der Waals surface area contributed by atoms with Crippen molar-refractivity contribution in [2.75, 3.05) is 11.9 Å². The Bertz CT molecular complexity index is 512. The molecule has 0 bridgehead atoms. The summed E-state index contributed by atoms with van der Waals surface area (Å²) in [4.78, 5) is 0. The molecule has 2 heterocycles. The van der Waals surface area contributed by atoms with Gasteiger partial charge in [0.05, 0.1) is 5.69 Å². The first kappa shape index (κ1) is 13.2. The van der Waals surface area contributed by atoms with Crippen LogP contribution in [0, 0.1) is 0 Å². The maximum absolute atomic E-state index is 3.98. The smallest absolute Gasteiger partial charge is 0.0650 e. The second kappa shape index (κ2) is 6.09. The molecule has 106 valence electrons. The number of benzene rings is 1. The van der Waals surface area contributed by atoms with Gasteiger partial charge in [0.1, 0.15) is 0 Å². The maximum atomic E-state index is 3.98. The molecule has 2 atom stereocenters. The summed E-state index contributed by atoms with van der Waals surface area (Å²) in [5.74, 6) is 0. The van der Waals surface area contributed by atoms with E-state index in [2.05, 4.69) is 52.0 Å². The molecule has 1 aliphatic rings. The van der Waals surface area contributed by atoms with Gasteiger partial charge < -0.3 is 10.6 Å². The molecule has 3 N–H and O–H groups in total. The lowest BCUT2D eigenvalue weighted by molar-refractivity contribution is 0.523. The van der Waals surface area contributed by atoms with Gasteiger partial charge in [-0.25, -0.2) is 0 Å². The molecular weight excluding hydrogens is 248 g/mol. The lowest BCUT2D eigenvalue weighted by Crippen LogP contribution is -2.29. The lowest BCUT2D eigenvalue weighted by Gasteiger charge is -2.19. The number of aromatic amines is 1. The molecule has 1 saturated heterocycles. The van der Waals surface area contributed by atoms with Crippen molar-refractivity contribution in [3.05, 3.63) is 36.5 Å². The van der Waals surface area contributed by atoms with Gasteiger partial charge in [0.25, 0.3) is 0 Å². The molecule has 4 heteroatoms. The lowest BCUT2D eigenvalue weighted by atomic mass is 10.1. The first-order valence-electron chi connectivity index (χ1n) is 7.41. The third-order valence-corrected chi connectivity index (χ3v) is 3.91. The Hall–Kier alpha value is -1.81. The second-order valence-electron chi connectivity index (χ2n) is 5.62. The number of H-pyrrole nitrogens is 1. The van der Waals surface area contributed by atoms with Crippen molar-refractivity contribution in [3.63, 3.8) is 0 Å². The van der Waals surface area contributed by atoms with Crippen molar-refractivity contribution in [2.24, 2.45) is 0 Å². The summed E-state index contributed by atoms with van der Waals surface area (Å²) in [6, 6.07) is 11.7. The Labute approximate surface area is 120 Å². The second-order valence-corrected chi connectivity index (χ2v) is 5.62. The first-order chi connectivity index (χ1) is 9.81. The highest BCUT2D eigenvalue weighted by Gasteiger charge is 2.16. The van der Waals surface area contributed by atoms with Crippen molar-refractivity contribution < 1.29 is 0 Å². The summed E-state index contributed by atoms with van der Waals surface area (Å²) in [6.45, 7) is 3.43. The number of rotatable bonds is 5. The number of anilines is 1. The predicted molar refractivity (Wildman–Crippen MR) is 82.8 cm³/mol. The molecule has 0 aliphatic carbocycles. The van der Waals surface area contributed by atoms with Gasteiger partial charge in [-0.05, 0) is 56.5 Å². The zero-order valence-electron chi connectivity index (χ0n) is 11.9.